The first-order valence-electron chi connectivity index (χ1n) is 5.13. The number of nitro groups is 1. The van der Waals surface area contributed by atoms with Crippen molar-refractivity contribution in [1.29, 1.82) is 0 Å². The molecule has 1 aromatic carbocycles. The minimum absolute atomic E-state index is 0.00338. The molecule has 0 bridgehead atoms. The van der Waals surface area contributed by atoms with Crippen LogP contribution in [0.4, 0.5) is 5.69 Å². The average Bonchev–Trinajstić information content (AvgIpc) is 2.27. The fourth-order valence-corrected chi connectivity index (χ4v) is 1.48. The van der Waals surface area contributed by atoms with Gasteiger partial charge >= 0.3 is 5.97 Å². The summed E-state index contributed by atoms with van der Waals surface area (Å²) in [6.07, 6.45) is -0.00338. The molecule has 1 rings (SSSR count). The first-order chi connectivity index (χ1) is 8.40. The normalized spacial score (nSPS) is 11.6. The molecule has 1 amide bonds. The Bertz CT molecular complexity index is 486. The zero-order valence-electron chi connectivity index (χ0n) is 9.62. The minimum Gasteiger partial charge on any atom is -0.480 e. The van der Waals surface area contributed by atoms with Gasteiger partial charge in [0.1, 0.15) is 6.04 Å². The van der Waals surface area contributed by atoms with Crippen LogP contribution in [0.25, 0.3) is 0 Å². The van der Waals surface area contributed by atoms with Crippen molar-refractivity contribution >= 4 is 17.6 Å². The average molecular weight is 252 g/mol. The molecule has 0 spiro atoms. The van der Waals surface area contributed by atoms with Gasteiger partial charge in [-0.25, -0.2) is 4.79 Å². The van der Waals surface area contributed by atoms with Gasteiger partial charge in [-0.1, -0.05) is 12.1 Å². The number of amides is 1. The number of aliphatic carboxylic acids is 1. The monoisotopic (exact) mass is 252 g/mol. The number of hydrogen-bond donors (Lipinski definition) is 2. The lowest BCUT2D eigenvalue weighted by atomic mass is 10.1. The Labute approximate surface area is 103 Å². The second-order valence-electron chi connectivity index (χ2n) is 3.72. The molecule has 0 radical (unpaired) electrons. The molecule has 1 unspecified atom stereocenters. The van der Waals surface area contributed by atoms with Gasteiger partial charge in [0.05, 0.1) is 4.92 Å². The number of non-ortho nitro benzene ring substituents is 1. The second kappa shape index (κ2) is 5.76. The highest BCUT2D eigenvalue weighted by Crippen LogP contribution is 2.14. The molecule has 7 nitrogen and oxygen atoms in total. The van der Waals surface area contributed by atoms with Crippen molar-refractivity contribution in [3.63, 3.8) is 0 Å². The number of hydrogen-bond acceptors (Lipinski definition) is 4. The number of nitro benzene ring substituents is 1. The van der Waals surface area contributed by atoms with Crippen LogP contribution in [0.5, 0.6) is 0 Å². The Morgan fingerprint density at radius 3 is 2.67 bits per heavy atom. The summed E-state index contributed by atoms with van der Waals surface area (Å²) in [6, 6.07) is 4.56. The van der Waals surface area contributed by atoms with Crippen LogP contribution >= 0.6 is 0 Å². The van der Waals surface area contributed by atoms with Gasteiger partial charge in [-0.05, 0) is 5.56 Å². The molecule has 7 heteroatoms. The van der Waals surface area contributed by atoms with Gasteiger partial charge in [0.25, 0.3) is 5.69 Å². The summed E-state index contributed by atoms with van der Waals surface area (Å²) in [4.78, 5) is 31.8. The number of benzene rings is 1. The zero-order valence-corrected chi connectivity index (χ0v) is 9.62. The van der Waals surface area contributed by atoms with Gasteiger partial charge in [0.2, 0.25) is 5.91 Å². The zero-order chi connectivity index (χ0) is 13.7. The van der Waals surface area contributed by atoms with Crippen LogP contribution in [0.2, 0.25) is 0 Å². The lowest BCUT2D eigenvalue weighted by Crippen LogP contribution is -2.41. The molecule has 1 atom stereocenters. The molecular formula is C11H12N2O5. The van der Waals surface area contributed by atoms with E-state index >= 15 is 0 Å². The van der Waals surface area contributed by atoms with Gasteiger partial charge in [0, 0.05) is 25.5 Å². The van der Waals surface area contributed by atoms with Crippen molar-refractivity contribution in [2.75, 3.05) is 0 Å². The third-order valence-electron chi connectivity index (χ3n) is 2.24. The van der Waals surface area contributed by atoms with Crippen molar-refractivity contribution in [1.82, 2.24) is 5.32 Å². The molecule has 2 N–H and O–H groups in total. The molecule has 0 saturated carbocycles. The molecule has 0 saturated heterocycles. The molecule has 0 aliphatic heterocycles. The molecule has 1 aromatic rings. The highest BCUT2D eigenvalue weighted by molar-refractivity contribution is 5.82. The van der Waals surface area contributed by atoms with Gasteiger partial charge in [-0.2, -0.15) is 0 Å². The van der Waals surface area contributed by atoms with Crippen LogP contribution in [-0.4, -0.2) is 27.9 Å². The standard InChI is InChI=1S/C11H12N2O5/c1-7(14)12-10(11(15)16)6-8-3-2-4-9(5-8)13(17)18/h2-5,10H,6H2,1H3,(H,12,14)(H,15,16). The molecular weight excluding hydrogens is 240 g/mol. The van der Waals surface area contributed by atoms with Gasteiger partial charge in [-0.3, -0.25) is 14.9 Å². The van der Waals surface area contributed by atoms with Gasteiger partial charge in [0.15, 0.2) is 0 Å². The topological polar surface area (TPSA) is 110 Å². The van der Waals surface area contributed by atoms with Crippen LogP contribution in [0.3, 0.4) is 0 Å². The SMILES string of the molecule is CC(=O)NC(Cc1cccc([N+](=O)[O-])c1)C(=O)O. The van der Waals surface area contributed by atoms with E-state index in [-0.39, 0.29) is 12.1 Å². The van der Waals surface area contributed by atoms with Crippen LogP contribution in [0.1, 0.15) is 12.5 Å². The summed E-state index contributed by atoms with van der Waals surface area (Å²) >= 11 is 0. The van der Waals surface area contributed by atoms with E-state index in [1.165, 1.54) is 25.1 Å². The minimum atomic E-state index is -1.18. The first-order valence-corrected chi connectivity index (χ1v) is 5.13. The van der Waals surface area contributed by atoms with Crippen molar-refractivity contribution in [2.24, 2.45) is 0 Å². The fraction of sp³-hybridized carbons (Fsp3) is 0.273. The summed E-state index contributed by atoms with van der Waals surface area (Å²) in [5, 5.41) is 21.8. The molecule has 0 fully saturated rings. The van der Waals surface area contributed by atoms with Gasteiger partial charge in [-0.15, -0.1) is 0 Å². The maximum absolute atomic E-state index is 10.9. The number of rotatable bonds is 5. The van der Waals surface area contributed by atoms with E-state index in [0.717, 1.165) is 0 Å². The highest BCUT2D eigenvalue weighted by atomic mass is 16.6. The lowest BCUT2D eigenvalue weighted by Gasteiger charge is -2.12. The number of carboxylic acids is 1. The van der Waals surface area contributed by atoms with E-state index in [1.807, 2.05) is 0 Å². The van der Waals surface area contributed by atoms with Crippen LogP contribution < -0.4 is 5.32 Å². The number of nitrogens with one attached hydrogen (secondary N) is 1. The Hall–Kier alpha value is -2.44. The van der Waals surface area contributed by atoms with E-state index in [0.29, 0.717) is 5.56 Å². The number of carbonyl (C=O) groups excluding carboxylic acids is 1. The van der Waals surface area contributed by atoms with Crippen molar-refractivity contribution < 1.29 is 19.6 Å². The van der Waals surface area contributed by atoms with Crippen LogP contribution in [-0.2, 0) is 16.0 Å². The molecule has 0 aliphatic rings. The van der Waals surface area contributed by atoms with E-state index in [4.69, 9.17) is 5.11 Å². The predicted molar refractivity (Wildman–Crippen MR) is 62.0 cm³/mol. The Morgan fingerprint density at radius 1 is 1.50 bits per heavy atom. The lowest BCUT2D eigenvalue weighted by molar-refractivity contribution is -0.384. The molecule has 0 aromatic heterocycles. The molecule has 0 heterocycles. The Morgan fingerprint density at radius 2 is 2.17 bits per heavy atom. The smallest absolute Gasteiger partial charge is 0.326 e. The van der Waals surface area contributed by atoms with Crippen molar-refractivity contribution in [3.05, 3.63) is 39.9 Å². The summed E-state index contributed by atoms with van der Waals surface area (Å²) in [5.74, 6) is -1.65. The first kappa shape index (κ1) is 13.6. The van der Waals surface area contributed by atoms with E-state index < -0.39 is 22.8 Å². The maximum atomic E-state index is 10.9. The summed E-state index contributed by atoms with van der Waals surface area (Å²) in [6.45, 7) is 1.21. The van der Waals surface area contributed by atoms with Crippen molar-refractivity contribution in [3.8, 4) is 0 Å². The highest BCUT2D eigenvalue weighted by Gasteiger charge is 2.19. The second-order valence-corrected chi connectivity index (χ2v) is 3.72. The fourth-order valence-electron chi connectivity index (χ4n) is 1.48. The molecule has 18 heavy (non-hydrogen) atoms. The number of carbonyl (C=O) groups is 2. The summed E-state index contributed by atoms with van der Waals surface area (Å²) in [5.41, 5.74) is 0.366. The predicted octanol–water partition coefficient (Wildman–Crippen LogP) is 0.727. The van der Waals surface area contributed by atoms with E-state index in [1.54, 1.807) is 6.07 Å². The van der Waals surface area contributed by atoms with Crippen LogP contribution in [0.15, 0.2) is 24.3 Å². The number of nitrogens with zero attached hydrogens (tertiary/aromatic N) is 1. The largest absolute Gasteiger partial charge is 0.480 e. The number of carboxylic acid groups (broad SMARTS) is 1. The summed E-state index contributed by atoms with van der Waals surface area (Å²) in [7, 11) is 0. The summed E-state index contributed by atoms with van der Waals surface area (Å²) < 4.78 is 0. The quantitative estimate of drug-likeness (QED) is 0.592. The third-order valence-corrected chi connectivity index (χ3v) is 2.24. The van der Waals surface area contributed by atoms with E-state index in [2.05, 4.69) is 5.32 Å². The van der Waals surface area contributed by atoms with Crippen molar-refractivity contribution in [2.45, 2.75) is 19.4 Å². The Kier molecular flexibility index (Phi) is 4.36. The third kappa shape index (κ3) is 3.85. The molecule has 0 aliphatic carbocycles. The maximum Gasteiger partial charge on any atom is 0.326 e. The van der Waals surface area contributed by atoms with Crippen LogP contribution in [0, 0.1) is 10.1 Å². The van der Waals surface area contributed by atoms with E-state index in [9.17, 15) is 19.7 Å². The Balaban J connectivity index is 2.86. The van der Waals surface area contributed by atoms with Gasteiger partial charge < -0.3 is 10.4 Å². The molecule has 96 valence electrons.